The Morgan fingerprint density at radius 3 is 1.55 bits per heavy atom. The van der Waals surface area contributed by atoms with Gasteiger partial charge in [0.1, 0.15) is 36.3 Å². The molecule has 20 heavy (non-hydrogen) atoms. The van der Waals surface area contributed by atoms with Crippen LogP contribution in [-0.2, 0) is 0 Å². The van der Waals surface area contributed by atoms with Gasteiger partial charge >= 0.3 is 0 Å². The summed E-state index contributed by atoms with van der Waals surface area (Å²) in [5.74, 6) is -0.407. The summed E-state index contributed by atoms with van der Waals surface area (Å²) in [5, 5.41) is 0. The summed E-state index contributed by atoms with van der Waals surface area (Å²) in [6.07, 6.45) is 0. The Morgan fingerprint density at radius 2 is 1.15 bits per heavy atom. The molecule has 6 heteroatoms. The lowest BCUT2D eigenvalue weighted by Crippen LogP contribution is -2.11. The first kappa shape index (κ1) is 13.9. The Kier molecular flexibility index (Phi) is 4.24. The van der Waals surface area contributed by atoms with Crippen molar-refractivity contribution in [2.75, 3.05) is 24.7 Å². The number of hydrogen-bond acceptors (Lipinski definition) is 4. The zero-order valence-corrected chi connectivity index (χ0v) is 10.6. The molecule has 0 bridgehead atoms. The predicted molar refractivity (Wildman–Crippen MR) is 72.6 cm³/mol. The third-order valence-electron chi connectivity index (χ3n) is 2.55. The second-order valence-corrected chi connectivity index (χ2v) is 4.06. The first-order valence-electron chi connectivity index (χ1n) is 5.92. The Balaban J connectivity index is 1.87. The molecule has 0 aromatic heterocycles. The zero-order chi connectivity index (χ0) is 14.5. The number of nitrogen functional groups attached to an aromatic ring is 2. The summed E-state index contributed by atoms with van der Waals surface area (Å²) in [6.45, 7) is 0.257. The average Bonchev–Trinajstić information content (AvgIpc) is 2.42. The third-order valence-corrected chi connectivity index (χ3v) is 2.55. The average molecular weight is 280 g/mol. The number of benzene rings is 2. The van der Waals surface area contributed by atoms with Crippen LogP contribution < -0.4 is 20.9 Å². The maximum absolute atomic E-state index is 13.0. The third kappa shape index (κ3) is 3.50. The van der Waals surface area contributed by atoms with Gasteiger partial charge in [0.25, 0.3) is 0 Å². The number of halogens is 2. The van der Waals surface area contributed by atoms with Crippen molar-refractivity contribution in [3.05, 3.63) is 48.0 Å². The van der Waals surface area contributed by atoms with Crippen molar-refractivity contribution in [1.82, 2.24) is 0 Å². The maximum atomic E-state index is 13.0. The highest BCUT2D eigenvalue weighted by Gasteiger charge is 2.04. The fraction of sp³-hybridized carbons (Fsp3) is 0.143. The predicted octanol–water partition coefficient (Wildman–Crippen LogP) is 2.59. The van der Waals surface area contributed by atoms with Crippen LogP contribution in [-0.4, -0.2) is 13.2 Å². The molecule has 0 amide bonds. The Morgan fingerprint density at radius 1 is 0.750 bits per heavy atom. The molecular weight excluding hydrogens is 266 g/mol. The number of rotatable bonds is 5. The van der Waals surface area contributed by atoms with Crippen molar-refractivity contribution in [3.8, 4) is 11.5 Å². The Hall–Kier alpha value is -2.50. The lowest BCUT2D eigenvalue weighted by atomic mass is 10.3. The van der Waals surface area contributed by atoms with Crippen LogP contribution in [0.15, 0.2) is 36.4 Å². The van der Waals surface area contributed by atoms with Gasteiger partial charge in [0.15, 0.2) is 0 Å². The fourth-order valence-corrected chi connectivity index (χ4v) is 1.57. The van der Waals surface area contributed by atoms with Crippen LogP contribution >= 0.6 is 0 Å². The molecular formula is C14H14F2N2O2. The van der Waals surface area contributed by atoms with Crippen LogP contribution in [0, 0.1) is 11.6 Å². The van der Waals surface area contributed by atoms with Crippen molar-refractivity contribution in [1.29, 1.82) is 0 Å². The quantitative estimate of drug-likeness (QED) is 0.652. The van der Waals surface area contributed by atoms with E-state index in [1.807, 2.05) is 0 Å². The lowest BCUT2D eigenvalue weighted by molar-refractivity contribution is 0.217. The van der Waals surface area contributed by atoms with Gasteiger partial charge in [-0.2, -0.15) is 0 Å². The van der Waals surface area contributed by atoms with E-state index in [0.29, 0.717) is 11.4 Å². The molecule has 4 N–H and O–H groups in total. The van der Waals surface area contributed by atoms with E-state index < -0.39 is 11.6 Å². The summed E-state index contributed by atoms with van der Waals surface area (Å²) < 4.78 is 36.6. The summed E-state index contributed by atoms with van der Waals surface area (Å²) in [4.78, 5) is 0. The van der Waals surface area contributed by atoms with Crippen molar-refractivity contribution >= 4 is 11.4 Å². The molecule has 2 rings (SSSR count). The van der Waals surface area contributed by atoms with Crippen molar-refractivity contribution in [2.24, 2.45) is 0 Å². The molecule has 0 fully saturated rings. The molecule has 0 saturated carbocycles. The fourth-order valence-electron chi connectivity index (χ4n) is 1.57. The van der Waals surface area contributed by atoms with E-state index in [1.165, 1.54) is 36.4 Å². The second-order valence-electron chi connectivity index (χ2n) is 4.06. The van der Waals surface area contributed by atoms with E-state index >= 15 is 0 Å². The molecule has 0 saturated heterocycles. The molecule has 0 spiro atoms. The van der Waals surface area contributed by atoms with Crippen LogP contribution in [0.5, 0.6) is 11.5 Å². The van der Waals surface area contributed by atoms with E-state index in [9.17, 15) is 8.78 Å². The van der Waals surface area contributed by atoms with Crippen LogP contribution in [0.4, 0.5) is 20.2 Å². The smallest absolute Gasteiger partial charge is 0.145 e. The number of hydrogen-bond donors (Lipinski definition) is 2. The summed E-state index contributed by atoms with van der Waals surface area (Å²) in [5.41, 5.74) is 11.9. The van der Waals surface area contributed by atoms with Crippen LogP contribution in [0.25, 0.3) is 0 Å². The van der Waals surface area contributed by atoms with Gasteiger partial charge in [-0.15, -0.1) is 0 Å². The van der Waals surface area contributed by atoms with Gasteiger partial charge in [-0.3, -0.25) is 0 Å². The Labute approximate surface area is 114 Å². The first-order valence-corrected chi connectivity index (χ1v) is 5.92. The van der Waals surface area contributed by atoms with Gasteiger partial charge < -0.3 is 20.9 Å². The molecule has 0 atom stereocenters. The summed E-state index contributed by atoms with van der Waals surface area (Å²) >= 11 is 0. The van der Waals surface area contributed by atoms with Crippen molar-refractivity contribution in [3.63, 3.8) is 0 Å². The van der Waals surface area contributed by atoms with E-state index in [-0.39, 0.29) is 24.7 Å². The second kappa shape index (κ2) is 6.10. The monoisotopic (exact) mass is 280 g/mol. The molecule has 4 nitrogen and oxygen atoms in total. The highest BCUT2D eigenvalue weighted by molar-refractivity contribution is 5.53. The summed E-state index contributed by atoms with van der Waals surface area (Å²) in [7, 11) is 0. The summed E-state index contributed by atoms with van der Waals surface area (Å²) in [6, 6.07) is 7.68. The van der Waals surface area contributed by atoms with Crippen molar-refractivity contribution in [2.45, 2.75) is 0 Å². The molecule has 0 radical (unpaired) electrons. The maximum Gasteiger partial charge on any atom is 0.145 e. The SMILES string of the molecule is Nc1ccc(F)cc1OCCOc1cc(F)ccc1N. The molecule has 0 aliphatic carbocycles. The number of anilines is 2. The highest BCUT2D eigenvalue weighted by Crippen LogP contribution is 2.23. The van der Waals surface area contributed by atoms with Crippen molar-refractivity contribution < 1.29 is 18.3 Å². The van der Waals surface area contributed by atoms with Gasteiger partial charge in [-0.05, 0) is 24.3 Å². The molecule has 2 aromatic carbocycles. The largest absolute Gasteiger partial charge is 0.488 e. The first-order chi connectivity index (χ1) is 9.56. The van der Waals surface area contributed by atoms with Crippen LogP contribution in [0.1, 0.15) is 0 Å². The molecule has 0 aliphatic rings. The van der Waals surface area contributed by atoms with E-state index in [1.54, 1.807) is 0 Å². The van der Waals surface area contributed by atoms with Crippen LogP contribution in [0.2, 0.25) is 0 Å². The van der Waals surface area contributed by atoms with Gasteiger partial charge in [0, 0.05) is 12.1 Å². The van der Waals surface area contributed by atoms with Gasteiger partial charge in [0.05, 0.1) is 11.4 Å². The standard InChI is InChI=1S/C14H14F2N2O2/c15-9-1-3-11(17)13(7-9)19-5-6-20-14-8-10(16)2-4-12(14)18/h1-4,7-8H,5-6,17-18H2. The van der Waals surface area contributed by atoms with E-state index in [0.717, 1.165) is 0 Å². The van der Waals surface area contributed by atoms with Gasteiger partial charge in [-0.25, -0.2) is 8.78 Å². The highest BCUT2D eigenvalue weighted by atomic mass is 19.1. The molecule has 0 heterocycles. The minimum Gasteiger partial charge on any atom is -0.488 e. The Bertz CT molecular complexity index is 552. The molecule has 0 unspecified atom stereocenters. The molecule has 0 aliphatic heterocycles. The number of nitrogens with two attached hydrogens (primary N) is 2. The normalized spacial score (nSPS) is 10.3. The van der Waals surface area contributed by atoms with Gasteiger partial charge in [-0.1, -0.05) is 0 Å². The molecule has 2 aromatic rings. The minimum absolute atomic E-state index is 0.129. The molecule has 106 valence electrons. The van der Waals surface area contributed by atoms with E-state index in [2.05, 4.69) is 0 Å². The lowest BCUT2D eigenvalue weighted by Gasteiger charge is -2.11. The zero-order valence-electron chi connectivity index (χ0n) is 10.6. The van der Waals surface area contributed by atoms with Gasteiger partial charge in [0.2, 0.25) is 0 Å². The number of ether oxygens (including phenoxy) is 2. The van der Waals surface area contributed by atoms with E-state index in [4.69, 9.17) is 20.9 Å². The van der Waals surface area contributed by atoms with Crippen LogP contribution in [0.3, 0.4) is 0 Å². The topological polar surface area (TPSA) is 70.5 Å². The minimum atomic E-state index is -0.440.